The minimum atomic E-state index is -0.359. The van der Waals surface area contributed by atoms with E-state index in [9.17, 15) is 9.59 Å². The number of hydrogen-bond acceptors (Lipinski definition) is 3. The number of carbonyl (C=O) groups excluding carboxylic acids is 2. The number of aryl methyl sites for hydroxylation is 1. The van der Waals surface area contributed by atoms with Crippen LogP contribution in [0.3, 0.4) is 0 Å². The zero-order valence-corrected chi connectivity index (χ0v) is 13.0. The van der Waals surface area contributed by atoms with Crippen LogP contribution in [0.5, 0.6) is 0 Å². The summed E-state index contributed by atoms with van der Waals surface area (Å²) in [5.41, 5.74) is 2.92. The van der Waals surface area contributed by atoms with Crippen molar-refractivity contribution in [2.75, 3.05) is 6.54 Å². The summed E-state index contributed by atoms with van der Waals surface area (Å²) in [6.07, 6.45) is 6.27. The van der Waals surface area contributed by atoms with Gasteiger partial charge in [0, 0.05) is 19.4 Å². The van der Waals surface area contributed by atoms with E-state index in [-0.39, 0.29) is 11.8 Å². The van der Waals surface area contributed by atoms with Gasteiger partial charge in [0.05, 0.1) is 0 Å². The molecule has 1 aromatic carbocycles. The fourth-order valence-corrected chi connectivity index (χ4v) is 2.22. The van der Waals surface area contributed by atoms with Gasteiger partial charge in [0.15, 0.2) is 0 Å². The van der Waals surface area contributed by atoms with Crippen LogP contribution in [0.2, 0.25) is 0 Å². The highest BCUT2D eigenvalue weighted by atomic mass is 16.5. The smallest absolute Gasteiger partial charge is 0.243 e. The number of carbonyl (C=O) groups is 2. The summed E-state index contributed by atoms with van der Waals surface area (Å²) in [5, 5.41) is 11.2. The number of rotatable bonds is 11. The van der Waals surface area contributed by atoms with Crippen molar-refractivity contribution in [3.63, 3.8) is 0 Å². The van der Waals surface area contributed by atoms with Crippen LogP contribution in [0.25, 0.3) is 0 Å². The van der Waals surface area contributed by atoms with Gasteiger partial charge in [0.1, 0.15) is 0 Å². The highest BCUT2D eigenvalue weighted by Crippen LogP contribution is 2.06. The molecule has 0 aliphatic heterocycles. The van der Waals surface area contributed by atoms with Crippen LogP contribution < -0.4 is 10.8 Å². The maximum absolute atomic E-state index is 11.6. The monoisotopic (exact) mass is 306 g/mol. The van der Waals surface area contributed by atoms with E-state index >= 15 is 0 Å². The van der Waals surface area contributed by atoms with Crippen LogP contribution in [-0.2, 0) is 16.0 Å². The third kappa shape index (κ3) is 9.13. The van der Waals surface area contributed by atoms with Crippen LogP contribution in [0, 0.1) is 0 Å². The second-order valence-electron chi connectivity index (χ2n) is 5.39. The summed E-state index contributed by atoms with van der Waals surface area (Å²) in [5.74, 6) is -0.261. The number of hydroxylamine groups is 1. The zero-order chi connectivity index (χ0) is 16.0. The Morgan fingerprint density at radius 3 is 2.27 bits per heavy atom. The fraction of sp³-hybridized carbons (Fsp3) is 0.529. The van der Waals surface area contributed by atoms with Crippen LogP contribution in [0.4, 0.5) is 0 Å². The van der Waals surface area contributed by atoms with E-state index in [1.807, 2.05) is 18.2 Å². The van der Waals surface area contributed by atoms with E-state index in [0.29, 0.717) is 19.4 Å². The Hall–Kier alpha value is -1.88. The van der Waals surface area contributed by atoms with Crippen LogP contribution in [0.15, 0.2) is 30.3 Å². The van der Waals surface area contributed by atoms with Gasteiger partial charge in [-0.25, -0.2) is 5.48 Å². The van der Waals surface area contributed by atoms with E-state index in [2.05, 4.69) is 17.4 Å². The second-order valence-corrected chi connectivity index (χ2v) is 5.39. The van der Waals surface area contributed by atoms with E-state index in [1.165, 1.54) is 5.56 Å². The molecule has 0 atom stereocenters. The summed E-state index contributed by atoms with van der Waals surface area (Å²) in [7, 11) is 0. The van der Waals surface area contributed by atoms with Gasteiger partial charge >= 0.3 is 0 Å². The molecule has 0 aliphatic rings. The Morgan fingerprint density at radius 2 is 1.55 bits per heavy atom. The Bertz CT molecular complexity index is 435. The number of hydrogen-bond donors (Lipinski definition) is 3. The van der Waals surface area contributed by atoms with E-state index in [1.54, 1.807) is 5.48 Å². The van der Waals surface area contributed by atoms with E-state index < -0.39 is 0 Å². The van der Waals surface area contributed by atoms with Gasteiger partial charge in [0.2, 0.25) is 11.8 Å². The number of nitrogens with one attached hydrogen (secondary N) is 2. The molecule has 0 saturated carbocycles. The summed E-state index contributed by atoms with van der Waals surface area (Å²) >= 11 is 0. The molecule has 0 spiro atoms. The van der Waals surface area contributed by atoms with Crippen molar-refractivity contribution in [1.29, 1.82) is 0 Å². The molecular weight excluding hydrogens is 280 g/mol. The minimum absolute atomic E-state index is 0.0983. The normalized spacial score (nSPS) is 10.2. The lowest BCUT2D eigenvalue weighted by molar-refractivity contribution is -0.129. The topological polar surface area (TPSA) is 78.4 Å². The molecule has 0 heterocycles. The molecule has 1 rings (SSSR count). The summed E-state index contributed by atoms with van der Waals surface area (Å²) < 4.78 is 0. The molecule has 0 radical (unpaired) electrons. The molecule has 0 fully saturated rings. The third-order valence-electron chi connectivity index (χ3n) is 3.49. The van der Waals surface area contributed by atoms with Crippen LogP contribution >= 0.6 is 0 Å². The van der Waals surface area contributed by atoms with Crippen molar-refractivity contribution in [2.45, 2.75) is 51.4 Å². The first-order chi connectivity index (χ1) is 10.7. The molecule has 1 aromatic rings. The Morgan fingerprint density at radius 1 is 0.864 bits per heavy atom. The standard InChI is InChI=1S/C17H26N2O3/c20-16(18-14-8-2-5-13-17(21)19-22)12-7-6-11-15-9-3-1-4-10-15/h1,3-4,9-10,22H,2,5-8,11-14H2,(H,18,20)(H,19,21). The first-order valence-electron chi connectivity index (χ1n) is 7.96. The largest absolute Gasteiger partial charge is 0.356 e. The highest BCUT2D eigenvalue weighted by molar-refractivity contribution is 5.75. The molecule has 5 heteroatoms. The quantitative estimate of drug-likeness (QED) is 0.334. The average Bonchev–Trinajstić information content (AvgIpc) is 2.55. The molecule has 0 unspecified atom stereocenters. The molecule has 22 heavy (non-hydrogen) atoms. The first-order valence-corrected chi connectivity index (χ1v) is 7.96. The molecular formula is C17H26N2O3. The van der Waals surface area contributed by atoms with Gasteiger partial charge in [-0.2, -0.15) is 0 Å². The summed E-state index contributed by atoms with van der Waals surface area (Å²) in [4.78, 5) is 22.4. The van der Waals surface area contributed by atoms with Crippen molar-refractivity contribution in [1.82, 2.24) is 10.8 Å². The minimum Gasteiger partial charge on any atom is -0.356 e. The molecule has 2 amide bonds. The summed E-state index contributed by atoms with van der Waals surface area (Å²) in [6, 6.07) is 10.3. The molecule has 0 saturated heterocycles. The zero-order valence-electron chi connectivity index (χ0n) is 13.0. The lowest BCUT2D eigenvalue weighted by Crippen LogP contribution is -2.24. The Labute approximate surface area is 132 Å². The SMILES string of the molecule is O=C(CCCCCNC(=O)CCCCc1ccccc1)NO. The number of unbranched alkanes of at least 4 members (excludes halogenated alkanes) is 3. The number of benzene rings is 1. The van der Waals surface area contributed by atoms with Gasteiger partial charge in [-0.05, 0) is 37.7 Å². The van der Waals surface area contributed by atoms with Crippen molar-refractivity contribution < 1.29 is 14.8 Å². The molecule has 3 N–H and O–H groups in total. The molecule has 0 bridgehead atoms. The number of amides is 2. The third-order valence-corrected chi connectivity index (χ3v) is 3.49. The van der Waals surface area contributed by atoms with Gasteiger partial charge < -0.3 is 5.32 Å². The van der Waals surface area contributed by atoms with E-state index in [0.717, 1.165) is 38.5 Å². The van der Waals surface area contributed by atoms with Gasteiger partial charge in [-0.1, -0.05) is 36.8 Å². The van der Waals surface area contributed by atoms with Crippen molar-refractivity contribution in [3.05, 3.63) is 35.9 Å². The lowest BCUT2D eigenvalue weighted by atomic mass is 10.1. The Kier molecular flexibility index (Phi) is 9.70. The van der Waals surface area contributed by atoms with E-state index in [4.69, 9.17) is 5.21 Å². The predicted molar refractivity (Wildman–Crippen MR) is 85.4 cm³/mol. The van der Waals surface area contributed by atoms with Crippen molar-refractivity contribution in [3.8, 4) is 0 Å². The molecule has 0 aliphatic carbocycles. The maximum Gasteiger partial charge on any atom is 0.243 e. The summed E-state index contributed by atoms with van der Waals surface area (Å²) in [6.45, 7) is 0.651. The molecule has 122 valence electrons. The van der Waals surface area contributed by atoms with Crippen molar-refractivity contribution >= 4 is 11.8 Å². The lowest BCUT2D eigenvalue weighted by Gasteiger charge is -2.05. The second kappa shape index (κ2) is 11.7. The predicted octanol–water partition coefficient (Wildman–Crippen LogP) is 2.58. The highest BCUT2D eigenvalue weighted by Gasteiger charge is 2.02. The molecule has 5 nitrogen and oxygen atoms in total. The first kappa shape index (κ1) is 18.2. The maximum atomic E-state index is 11.6. The van der Waals surface area contributed by atoms with Crippen LogP contribution in [0.1, 0.15) is 50.5 Å². The van der Waals surface area contributed by atoms with Gasteiger partial charge in [-0.15, -0.1) is 0 Å². The Balaban J connectivity index is 1.92. The van der Waals surface area contributed by atoms with Gasteiger partial charge in [-0.3, -0.25) is 14.8 Å². The van der Waals surface area contributed by atoms with Crippen LogP contribution in [-0.4, -0.2) is 23.6 Å². The van der Waals surface area contributed by atoms with Gasteiger partial charge in [0.25, 0.3) is 0 Å². The molecule has 0 aromatic heterocycles. The average molecular weight is 306 g/mol. The van der Waals surface area contributed by atoms with Crippen molar-refractivity contribution in [2.24, 2.45) is 0 Å². The fourth-order valence-electron chi connectivity index (χ4n) is 2.22.